The number of carboxylic acids is 1. The van der Waals surface area contributed by atoms with Gasteiger partial charge in [-0.25, -0.2) is 9.97 Å². The number of benzene rings is 1. The molecule has 0 saturated heterocycles. The van der Waals surface area contributed by atoms with Gasteiger partial charge in [-0.2, -0.15) is 0 Å². The molecule has 0 bridgehead atoms. The van der Waals surface area contributed by atoms with E-state index in [1.165, 1.54) is 0 Å². The maximum absolute atomic E-state index is 10.4. The topological polar surface area (TPSA) is 63.1 Å². The molecule has 0 aliphatic rings. The molecule has 0 fully saturated rings. The number of hydrogen-bond acceptors (Lipinski definition) is 3. The monoisotopic (exact) mass is 262 g/mol. The van der Waals surface area contributed by atoms with Gasteiger partial charge in [0, 0.05) is 24.4 Å². The van der Waals surface area contributed by atoms with Crippen LogP contribution in [0.5, 0.6) is 0 Å². The minimum atomic E-state index is -0.829. The van der Waals surface area contributed by atoms with Crippen molar-refractivity contribution in [3.05, 3.63) is 47.2 Å². The van der Waals surface area contributed by atoms with Crippen molar-refractivity contribution in [2.24, 2.45) is 0 Å². The average molecular weight is 263 g/mol. The summed E-state index contributed by atoms with van der Waals surface area (Å²) in [5.41, 5.74) is 1.57. The average Bonchev–Trinajstić information content (AvgIpc) is 2.38. The molecule has 0 unspecified atom stereocenters. The van der Waals surface area contributed by atoms with E-state index in [-0.39, 0.29) is 6.42 Å². The number of carbonyl (C=O) groups is 1. The summed E-state index contributed by atoms with van der Waals surface area (Å²) in [4.78, 5) is 18.8. The van der Waals surface area contributed by atoms with Crippen molar-refractivity contribution < 1.29 is 9.90 Å². The normalized spacial score (nSPS) is 10.3. The summed E-state index contributed by atoms with van der Waals surface area (Å²) in [6.07, 6.45) is 3.77. The number of aryl methyl sites for hydroxylation is 1. The highest BCUT2D eigenvalue weighted by Crippen LogP contribution is 2.24. The molecular formula is C13H11ClN2O2. The van der Waals surface area contributed by atoms with Gasteiger partial charge in [-0.05, 0) is 24.1 Å². The molecule has 0 aliphatic carbocycles. The summed E-state index contributed by atoms with van der Waals surface area (Å²) >= 11 is 6.04. The number of aromatic nitrogens is 2. The number of rotatable bonds is 4. The van der Waals surface area contributed by atoms with E-state index < -0.39 is 5.97 Å². The Balaban J connectivity index is 2.17. The van der Waals surface area contributed by atoms with Crippen LogP contribution >= 0.6 is 11.6 Å². The van der Waals surface area contributed by atoms with E-state index >= 15 is 0 Å². The number of hydrogen-bond donors (Lipinski definition) is 1. The van der Waals surface area contributed by atoms with Gasteiger partial charge in [0.1, 0.15) is 0 Å². The van der Waals surface area contributed by atoms with E-state index in [4.69, 9.17) is 16.7 Å². The van der Waals surface area contributed by atoms with Crippen molar-refractivity contribution in [1.29, 1.82) is 0 Å². The third-order valence-corrected chi connectivity index (χ3v) is 2.78. The largest absolute Gasteiger partial charge is 0.481 e. The van der Waals surface area contributed by atoms with Gasteiger partial charge in [0.05, 0.1) is 5.02 Å². The SMILES string of the molecule is O=C(O)CCc1cnc(-c2ccccc2Cl)nc1. The summed E-state index contributed by atoms with van der Waals surface area (Å²) < 4.78 is 0. The fourth-order valence-electron chi connectivity index (χ4n) is 1.52. The summed E-state index contributed by atoms with van der Waals surface area (Å²) in [6.45, 7) is 0. The van der Waals surface area contributed by atoms with Crippen LogP contribution in [0, 0.1) is 0 Å². The van der Waals surface area contributed by atoms with Gasteiger partial charge in [0.2, 0.25) is 0 Å². The van der Waals surface area contributed by atoms with Gasteiger partial charge in [-0.15, -0.1) is 0 Å². The Morgan fingerprint density at radius 2 is 1.89 bits per heavy atom. The molecule has 18 heavy (non-hydrogen) atoms. The zero-order valence-corrected chi connectivity index (χ0v) is 10.3. The lowest BCUT2D eigenvalue weighted by Gasteiger charge is -2.03. The van der Waals surface area contributed by atoms with Crippen LogP contribution in [0.1, 0.15) is 12.0 Å². The second-order valence-electron chi connectivity index (χ2n) is 3.79. The Labute approximate surface area is 109 Å². The van der Waals surface area contributed by atoms with Crippen LogP contribution in [0.25, 0.3) is 11.4 Å². The minimum absolute atomic E-state index is 0.0782. The molecule has 5 heteroatoms. The van der Waals surface area contributed by atoms with E-state index in [0.717, 1.165) is 11.1 Å². The molecule has 1 aromatic heterocycles. The van der Waals surface area contributed by atoms with Gasteiger partial charge >= 0.3 is 5.97 Å². The first-order valence-corrected chi connectivity index (χ1v) is 5.82. The number of carboxylic acid groups (broad SMARTS) is 1. The van der Waals surface area contributed by atoms with E-state index in [2.05, 4.69) is 9.97 Å². The maximum Gasteiger partial charge on any atom is 0.303 e. The van der Waals surface area contributed by atoms with E-state index in [0.29, 0.717) is 17.3 Å². The first kappa shape index (κ1) is 12.5. The van der Waals surface area contributed by atoms with Crippen molar-refractivity contribution in [3.63, 3.8) is 0 Å². The Kier molecular flexibility index (Phi) is 3.89. The number of aliphatic carboxylic acids is 1. The summed E-state index contributed by atoms with van der Waals surface area (Å²) in [5, 5.41) is 9.18. The Morgan fingerprint density at radius 3 is 2.50 bits per heavy atom. The van der Waals surface area contributed by atoms with Crippen LogP contribution in [0.15, 0.2) is 36.7 Å². The lowest BCUT2D eigenvalue weighted by atomic mass is 10.2. The van der Waals surface area contributed by atoms with Gasteiger partial charge in [-0.1, -0.05) is 23.7 Å². The van der Waals surface area contributed by atoms with Crippen molar-refractivity contribution in [3.8, 4) is 11.4 Å². The fourth-order valence-corrected chi connectivity index (χ4v) is 1.74. The lowest BCUT2D eigenvalue weighted by Crippen LogP contribution is -1.99. The highest BCUT2D eigenvalue weighted by molar-refractivity contribution is 6.33. The van der Waals surface area contributed by atoms with Gasteiger partial charge < -0.3 is 5.11 Å². The molecule has 0 atom stereocenters. The van der Waals surface area contributed by atoms with Crippen molar-refractivity contribution in [1.82, 2.24) is 9.97 Å². The third kappa shape index (κ3) is 3.05. The Bertz CT molecular complexity index is 555. The summed E-state index contributed by atoms with van der Waals surface area (Å²) in [5.74, 6) is -0.287. The predicted molar refractivity (Wildman–Crippen MR) is 68.4 cm³/mol. The molecule has 4 nitrogen and oxygen atoms in total. The molecule has 1 N–H and O–H groups in total. The molecule has 0 amide bonds. The van der Waals surface area contributed by atoms with Crippen LogP contribution in [0.2, 0.25) is 5.02 Å². The molecule has 92 valence electrons. The second kappa shape index (κ2) is 5.60. The first-order valence-electron chi connectivity index (χ1n) is 5.44. The standard InChI is InChI=1S/C13H11ClN2O2/c14-11-4-2-1-3-10(11)13-15-7-9(8-16-13)5-6-12(17)18/h1-4,7-8H,5-6H2,(H,17,18). The van der Waals surface area contributed by atoms with E-state index in [1.807, 2.05) is 18.2 Å². The molecule has 2 rings (SSSR count). The van der Waals surface area contributed by atoms with Gasteiger partial charge in [-0.3, -0.25) is 4.79 Å². The molecule has 1 heterocycles. The molecule has 2 aromatic rings. The fraction of sp³-hybridized carbons (Fsp3) is 0.154. The van der Waals surface area contributed by atoms with E-state index in [9.17, 15) is 4.79 Å². The third-order valence-electron chi connectivity index (χ3n) is 2.45. The zero-order valence-electron chi connectivity index (χ0n) is 9.51. The second-order valence-corrected chi connectivity index (χ2v) is 4.20. The minimum Gasteiger partial charge on any atom is -0.481 e. The smallest absolute Gasteiger partial charge is 0.303 e. The molecular weight excluding hydrogens is 252 g/mol. The Hall–Kier alpha value is -1.94. The molecule has 0 spiro atoms. The molecule has 0 aliphatic heterocycles. The van der Waals surface area contributed by atoms with Crippen molar-refractivity contribution in [2.45, 2.75) is 12.8 Å². The summed E-state index contributed by atoms with van der Waals surface area (Å²) in [7, 11) is 0. The van der Waals surface area contributed by atoms with Crippen LogP contribution in [-0.2, 0) is 11.2 Å². The van der Waals surface area contributed by atoms with E-state index in [1.54, 1.807) is 18.5 Å². The Morgan fingerprint density at radius 1 is 1.22 bits per heavy atom. The van der Waals surface area contributed by atoms with Crippen LogP contribution < -0.4 is 0 Å². The number of halogens is 1. The van der Waals surface area contributed by atoms with Crippen molar-refractivity contribution in [2.75, 3.05) is 0 Å². The lowest BCUT2D eigenvalue weighted by molar-refractivity contribution is -0.136. The predicted octanol–water partition coefficient (Wildman–Crippen LogP) is 2.81. The quantitative estimate of drug-likeness (QED) is 0.920. The highest BCUT2D eigenvalue weighted by atomic mass is 35.5. The van der Waals surface area contributed by atoms with Crippen molar-refractivity contribution >= 4 is 17.6 Å². The molecule has 1 aromatic carbocycles. The molecule has 0 saturated carbocycles. The maximum atomic E-state index is 10.4. The highest BCUT2D eigenvalue weighted by Gasteiger charge is 2.06. The van der Waals surface area contributed by atoms with Crippen LogP contribution in [-0.4, -0.2) is 21.0 Å². The van der Waals surface area contributed by atoms with Gasteiger partial charge in [0.25, 0.3) is 0 Å². The van der Waals surface area contributed by atoms with Crippen LogP contribution in [0.4, 0.5) is 0 Å². The summed E-state index contributed by atoms with van der Waals surface area (Å²) in [6, 6.07) is 7.32. The first-order chi connectivity index (χ1) is 8.66. The van der Waals surface area contributed by atoms with Gasteiger partial charge in [0.15, 0.2) is 5.82 Å². The zero-order chi connectivity index (χ0) is 13.0. The van der Waals surface area contributed by atoms with Crippen LogP contribution in [0.3, 0.4) is 0 Å². The molecule has 0 radical (unpaired) electrons. The number of nitrogens with zero attached hydrogens (tertiary/aromatic N) is 2.